The molecule has 1 aromatic heterocycles. The minimum Gasteiger partial charge on any atom is -0.350 e. The van der Waals surface area contributed by atoms with Gasteiger partial charge in [0.15, 0.2) is 0 Å². The third-order valence-electron chi connectivity index (χ3n) is 3.09. The standard InChI is InChI=1S/C16H12N4/c17-10-14-8-9-18-16(20-14)19-11-13-6-3-5-12-4-1-2-7-15(12)13/h1-9H,11H2,(H,18,19,20). The second-order valence-electron chi connectivity index (χ2n) is 4.37. The predicted octanol–water partition coefficient (Wildman–Crippen LogP) is 3.11. The maximum atomic E-state index is 8.82. The van der Waals surface area contributed by atoms with Crippen LogP contribution in [0.25, 0.3) is 10.8 Å². The number of nitrogens with zero attached hydrogens (tertiary/aromatic N) is 3. The van der Waals surface area contributed by atoms with Crippen LogP contribution in [0.4, 0.5) is 5.95 Å². The number of fused-ring (bicyclic) bond motifs is 1. The third kappa shape index (κ3) is 2.43. The number of nitriles is 1. The zero-order chi connectivity index (χ0) is 13.8. The van der Waals surface area contributed by atoms with Crippen molar-refractivity contribution in [3.8, 4) is 6.07 Å². The van der Waals surface area contributed by atoms with Gasteiger partial charge in [0.2, 0.25) is 5.95 Å². The average molecular weight is 260 g/mol. The molecule has 1 N–H and O–H groups in total. The highest BCUT2D eigenvalue weighted by Gasteiger charge is 2.02. The number of benzene rings is 2. The summed E-state index contributed by atoms with van der Waals surface area (Å²) in [6, 6.07) is 18.0. The predicted molar refractivity (Wildman–Crippen MR) is 78.0 cm³/mol. The van der Waals surface area contributed by atoms with Crippen LogP contribution in [0, 0.1) is 11.3 Å². The minimum atomic E-state index is 0.361. The van der Waals surface area contributed by atoms with Gasteiger partial charge < -0.3 is 5.32 Å². The van der Waals surface area contributed by atoms with Gasteiger partial charge in [0.1, 0.15) is 11.8 Å². The van der Waals surface area contributed by atoms with Crippen molar-refractivity contribution in [2.75, 3.05) is 5.32 Å². The van der Waals surface area contributed by atoms with E-state index in [9.17, 15) is 0 Å². The van der Waals surface area contributed by atoms with Gasteiger partial charge in [-0.3, -0.25) is 0 Å². The van der Waals surface area contributed by atoms with Crippen molar-refractivity contribution in [1.29, 1.82) is 5.26 Å². The molecule has 0 unspecified atom stereocenters. The maximum absolute atomic E-state index is 8.82. The summed E-state index contributed by atoms with van der Waals surface area (Å²) >= 11 is 0. The van der Waals surface area contributed by atoms with Crippen molar-refractivity contribution in [3.05, 3.63) is 66.0 Å². The van der Waals surface area contributed by atoms with Crippen LogP contribution in [0.2, 0.25) is 0 Å². The van der Waals surface area contributed by atoms with Gasteiger partial charge in [-0.25, -0.2) is 9.97 Å². The average Bonchev–Trinajstić information content (AvgIpc) is 2.53. The van der Waals surface area contributed by atoms with Crippen LogP contribution in [0.3, 0.4) is 0 Å². The molecule has 0 amide bonds. The zero-order valence-electron chi connectivity index (χ0n) is 10.7. The second kappa shape index (κ2) is 5.37. The van der Waals surface area contributed by atoms with Crippen LogP contribution in [0.1, 0.15) is 11.3 Å². The topological polar surface area (TPSA) is 61.6 Å². The first-order chi connectivity index (χ1) is 9.86. The molecule has 0 aliphatic carbocycles. The van der Waals surface area contributed by atoms with Gasteiger partial charge in [-0.2, -0.15) is 5.26 Å². The Kier molecular flexibility index (Phi) is 3.25. The first-order valence-corrected chi connectivity index (χ1v) is 6.30. The molecule has 0 radical (unpaired) electrons. The van der Waals surface area contributed by atoms with E-state index in [2.05, 4.69) is 39.6 Å². The maximum Gasteiger partial charge on any atom is 0.224 e. The first kappa shape index (κ1) is 12.1. The van der Waals surface area contributed by atoms with E-state index < -0.39 is 0 Å². The minimum absolute atomic E-state index is 0.361. The summed E-state index contributed by atoms with van der Waals surface area (Å²) in [4.78, 5) is 8.21. The summed E-state index contributed by atoms with van der Waals surface area (Å²) in [5.74, 6) is 0.469. The molecule has 0 spiro atoms. The van der Waals surface area contributed by atoms with Crippen molar-refractivity contribution in [2.45, 2.75) is 6.54 Å². The van der Waals surface area contributed by atoms with Crippen LogP contribution in [0.15, 0.2) is 54.7 Å². The summed E-state index contributed by atoms with van der Waals surface area (Å²) < 4.78 is 0. The smallest absolute Gasteiger partial charge is 0.224 e. The third-order valence-corrected chi connectivity index (χ3v) is 3.09. The monoisotopic (exact) mass is 260 g/mol. The summed E-state index contributed by atoms with van der Waals surface area (Å²) in [5.41, 5.74) is 1.54. The fourth-order valence-corrected chi connectivity index (χ4v) is 2.13. The number of hydrogen-bond acceptors (Lipinski definition) is 4. The molecule has 0 saturated heterocycles. The van der Waals surface area contributed by atoms with Crippen molar-refractivity contribution in [2.24, 2.45) is 0 Å². The van der Waals surface area contributed by atoms with Crippen LogP contribution < -0.4 is 5.32 Å². The SMILES string of the molecule is N#Cc1ccnc(NCc2cccc3ccccc23)n1. The van der Waals surface area contributed by atoms with Gasteiger partial charge in [-0.05, 0) is 22.4 Å². The molecular weight excluding hydrogens is 248 g/mol. The van der Waals surface area contributed by atoms with Gasteiger partial charge in [0, 0.05) is 12.7 Å². The molecule has 4 nitrogen and oxygen atoms in total. The van der Waals surface area contributed by atoms with Crippen molar-refractivity contribution in [1.82, 2.24) is 9.97 Å². The highest BCUT2D eigenvalue weighted by Crippen LogP contribution is 2.19. The molecule has 0 atom stereocenters. The van der Waals surface area contributed by atoms with E-state index in [1.165, 1.54) is 16.3 Å². The van der Waals surface area contributed by atoms with E-state index >= 15 is 0 Å². The number of hydrogen-bond donors (Lipinski definition) is 1. The number of aromatic nitrogens is 2. The second-order valence-corrected chi connectivity index (χ2v) is 4.37. The molecule has 2 aromatic carbocycles. The van der Waals surface area contributed by atoms with Gasteiger partial charge in [-0.15, -0.1) is 0 Å². The lowest BCUT2D eigenvalue weighted by molar-refractivity contribution is 1.05. The fourth-order valence-electron chi connectivity index (χ4n) is 2.13. The Bertz CT molecular complexity index is 784. The molecule has 3 aromatic rings. The molecule has 1 heterocycles. The quantitative estimate of drug-likeness (QED) is 0.786. The molecule has 0 saturated carbocycles. The molecule has 0 aliphatic rings. The van der Waals surface area contributed by atoms with E-state index in [0.717, 1.165) is 0 Å². The Morgan fingerprint density at radius 2 is 1.90 bits per heavy atom. The number of rotatable bonds is 3. The summed E-state index contributed by atoms with van der Waals surface area (Å²) in [5, 5.41) is 14.4. The molecule has 4 heteroatoms. The Balaban J connectivity index is 1.85. The number of anilines is 1. The van der Waals surface area contributed by atoms with Gasteiger partial charge >= 0.3 is 0 Å². The highest BCUT2D eigenvalue weighted by molar-refractivity contribution is 5.85. The number of nitrogens with one attached hydrogen (secondary N) is 1. The largest absolute Gasteiger partial charge is 0.350 e. The van der Waals surface area contributed by atoms with E-state index in [4.69, 9.17) is 5.26 Å². The van der Waals surface area contributed by atoms with Crippen LogP contribution >= 0.6 is 0 Å². The summed E-state index contributed by atoms with van der Waals surface area (Å²) in [7, 11) is 0. The molecular formula is C16H12N4. The lowest BCUT2D eigenvalue weighted by atomic mass is 10.0. The molecule has 3 rings (SSSR count). The first-order valence-electron chi connectivity index (χ1n) is 6.30. The van der Waals surface area contributed by atoms with Crippen molar-refractivity contribution in [3.63, 3.8) is 0 Å². The zero-order valence-corrected chi connectivity index (χ0v) is 10.7. The van der Waals surface area contributed by atoms with Gasteiger partial charge in [0.25, 0.3) is 0 Å². The van der Waals surface area contributed by atoms with Crippen LogP contribution in [-0.4, -0.2) is 9.97 Å². The Morgan fingerprint density at radius 1 is 1.05 bits per heavy atom. The van der Waals surface area contributed by atoms with Gasteiger partial charge in [0.05, 0.1) is 0 Å². The summed E-state index contributed by atoms with van der Waals surface area (Å²) in [6.45, 7) is 0.621. The molecule has 20 heavy (non-hydrogen) atoms. The normalized spacial score (nSPS) is 10.2. The lowest BCUT2D eigenvalue weighted by Gasteiger charge is -2.08. The van der Waals surface area contributed by atoms with E-state index in [1.54, 1.807) is 12.3 Å². The Hall–Kier alpha value is -2.93. The molecule has 0 aliphatic heterocycles. The van der Waals surface area contributed by atoms with Gasteiger partial charge in [-0.1, -0.05) is 42.5 Å². The Morgan fingerprint density at radius 3 is 2.80 bits per heavy atom. The lowest BCUT2D eigenvalue weighted by Crippen LogP contribution is -2.04. The van der Waals surface area contributed by atoms with E-state index in [1.807, 2.05) is 24.3 Å². The Labute approximate surface area is 116 Å². The van der Waals surface area contributed by atoms with E-state index in [0.29, 0.717) is 18.2 Å². The van der Waals surface area contributed by atoms with Crippen molar-refractivity contribution < 1.29 is 0 Å². The molecule has 0 bridgehead atoms. The molecule has 0 fully saturated rings. The van der Waals surface area contributed by atoms with Crippen LogP contribution in [-0.2, 0) is 6.54 Å². The highest BCUT2D eigenvalue weighted by atomic mass is 15.1. The van der Waals surface area contributed by atoms with Crippen LogP contribution in [0.5, 0.6) is 0 Å². The molecule has 96 valence electrons. The van der Waals surface area contributed by atoms with Crippen molar-refractivity contribution >= 4 is 16.7 Å². The summed E-state index contributed by atoms with van der Waals surface area (Å²) in [6.07, 6.45) is 1.58. The van der Waals surface area contributed by atoms with E-state index in [-0.39, 0.29) is 0 Å². The fraction of sp³-hybridized carbons (Fsp3) is 0.0625.